The van der Waals surface area contributed by atoms with Crippen LogP contribution in [0.1, 0.15) is 19.8 Å². The summed E-state index contributed by atoms with van der Waals surface area (Å²) >= 11 is 0. The number of carbonyl (C=O) groups excluding carboxylic acids is 3. The number of nitrogens with zero attached hydrogens (tertiary/aromatic N) is 2. The highest BCUT2D eigenvalue weighted by molar-refractivity contribution is 6.02. The van der Waals surface area contributed by atoms with E-state index >= 15 is 0 Å². The molecule has 0 spiro atoms. The minimum atomic E-state index is -0.761. The summed E-state index contributed by atoms with van der Waals surface area (Å²) in [5.41, 5.74) is 0. The summed E-state index contributed by atoms with van der Waals surface area (Å²) in [7, 11) is 0. The topological polar surface area (TPSA) is 78.8 Å². The summed E-state index contributed by atoms with van der Waals surface area (Å²) in [6, 6.07) is -0.761. The van der Waals surface area contributed by atoms with E-state index in [1.165, 1.54) is 18.4 Å². The first-order chi connectivity index (χ1) is 8.60. The summed E-state index contributed by atoms with van der Waals surface area (Å²) in [6.07, 6.45) is 6.06. The summed E-state index contributed by atoms with van der Waals surface area (Å²) < 4.78 is 0. The van der Waals surface area contributed by atoms with E-state index in [0.29, 0.717) is 0 Å². The molecular formula is C12H15N3O3. The molecule has 1 fully saturated rings. The molecule has 18 heavy (non-hydrogen) atoms. The summed E-state index contributed by atoms with van der Waals surface area (Å²) in [4.78, 5) is 34.5. The van der Waals surface area contributed by atoms with Crippen LogP contribution >= 0.6 is 0 Å². The van der Waals surface area contributed by atoms with Gasteiger partial charge in [-0.25, -0.2) is 5.01 Å². The van der Waals surface area contributed by atoms with Gasteiger partial charge in [0.05, 0.1) is 0 Å². The monoisotopic (exact) mass is 249 g/mol. The Hall–Kier alpha value is -2.24. The quantitative estimate of drug-likeness (QED) is 0.338. The molecule has 0 aromatic heterocycles. The fraction of sp³-hybridized carbons (Fsp3) is 0.333. The smallest absolute Gasteiger partial charge is 0.267 e. The number of hydrazone groups is 1. The maximum atomic E-state index is 11.8. The van der Waals surface area contributed by atoms with Crippen LogP contribution in [0.15, 0.2) is 29.9 Å². The minimum absolute atomic E-state index is 0.194. The Morgan fingerprint density at radius 2 is 2.28 bits per heavy atom. The molecule has 1 saturated heterocycles. The van der Waals surface area contributed by atoms with E-state index in [1.807, 2.05) is 0 Å². The number of piperidine rings is 1. The lowest BCUT2D eigenvalue weighted by atomic mass is 10.1. The molecule has 1 aliphatic rings. The van der Waals surface area contributed by atoms with Crippen molar-refractivity contribution >= 4 is 23.9 Å². The van der Waals surface area contributed by atoms with Crippen LogP contribution in [0.4, 0.5) is 0 Å². The van der Waals surface area contributed by atoms with Gasteiger partial charge in [0, 0.05) is 18.7 Å². The molecular weight excluding hydrogens is 234 g/mol. The Kier molecular flexibility index (Phi) is 4.98. The van der Waals surface area contributed by atoms with Gasteiger partial charge in [0.25, 0.3) is 11.8 Å². The highest BCUT2D eigenvalue weighted by Crippen LogP contribution is 2.13. The molecule has 1 heterocycles. The van der Waals surface area contributed by atoms with Crippen molar-refractivity contribution in [1.82, 2.24) is 10.3 Å². The van der Waals surface area contributed by atoms with E-state index in [2.05, 4.69) is 17.0 Å². The van der Waals surface area contributed by atoms with Gasteiger partial charge in [-0.2, -0.15) is 5.10 Å². The molecule has 1 N–H and O–H groups in total. The van der Waals surface area contributed by atoms with Crippen LogP contribution in [-0.2, 0) is 14.4 Å². The molecule has 0 saturated carbocycles. The van der Waals surface area contributed by atoms with Gasteiger partial charge in [0.1, 0.15) is 6.04 Å². The molecule has 0 bridgehead atoms. The van der Waals surface area contributed by atoms with Crippen LogP contribution in [0.3, 0.4) is 0 Å². The molecule has 0 radical (unpaired) electrons. The molecule has 1 rings (SSSR count). The molecule has 1 atom stereocenters. The van der Waals surface area contributed by atoms with Gasteiger partial charge in [-0.15, -0.1) is 0 Å². The first kappa shape index (κ1) is 13.8. The lowest BCUT2D eigenvalue weighted by Crippen LogP contribution is -2.52. The largest absolute Gasteiger partial charge is 0.295 e. The molecule has 0 aliphatic carbocycles. The van der Waals surface area contributed by atoms with Crippen molar-refractivity contribution in [2.75, 3.05) is 0 Å². The fourth-order valence-corrected chi connectivity index (χ4v) is 1.54. The third-order valence-electron chi connectivity index (χ3n) is 2.34. The summed E-state index contributed by atoms with van der Waals surface area (Å²) in [6.45, 7) is 5.15. The highest BCUT2D eigenvalue weighted by Gasteiger charge is 2.33. The predicted octanol–water partition coefficient (Wildman–Crippen LogP) is 0.368. The maximum absolute atomic E-state index is 11.8. The van der Waals surface area contributed by atoms with Gasteiger partial charge in [0.2, 0.25) is 5.91 Å². The van der Waals surface area contributed by atoms with Crippen LogP contribution in [0.25, 0.3) is 0 Å². The number of carbonyl (C=O) groups is 3. The molecule has 3 amide bonds. The molecule has 6 heteroatoms. The second kappa shape index (κ2) is 6.48. The van der Waals surface area contributed by atoms with Crippen LogP contribution in [-0.4, -0.2) is 35.0 Å². The molecule has 6 nitrogen and oxygen atoms in total. The van der Waals surface area contributed by atoms with E-state index in [1.54, 1.807) is 13.0 Å². The van der Waals surface area contributed by atoms with E-state index in [0.717, 1.165) is 5.01 Å². The molecule has 1 aliphatic heterocycles. The molecule has 1 unspecified atom stereocenters. The zero-order valence-electron chi connectivity index (χ0n) is 10.1. The van der Waals surface area contributed by atoms with E-state index < -0.39 is 17.9 Å². The predicted molar refractivity (Wildman–Crippen MR) is 66.5 cm³/mol. The number of nitrogens with one attached hydrogen (secondary N) is 1. The third kappa shape index (κ3) is 3.38. The second-order valence-electron chi connectivity index (χ2n) is 3.65. The number of hydrogen-bond acceptors (Lipinski definition) is 4. The number of amides is 3. The Morgan fingerprint density at radius 3 is 2.83 bits per heavy atom. The first-order valence-corrected chi connectivity index (χ1v) is 5.54. The van der Waals surface area contributed by atoms with Crippen molar-refractivity contribution in [3.05, 3.63) is 24.8 Å². The number of rotatable bonds is 4. The van der Waals surface area contributed by atoms with Crippen LogP contribution in [0.5, 0.6) is 0 Å². The van der Waals surface area contributed by atoms with Gasteiger partial charge >= 0.3 is 0 Å². The van der Waals surface area contributed by atoms with E-state index in [9.17, 15) is 14.4 Å². The van der Waals surface area contributed by atoms with Crippen molar-refractivity contribution in [2.24, 2.45) is 5.10 Å². The zero-order chi connectivity index (χ0) is 13.5. The van der Waals surface area contributed by atoms with Gasteiger partial charge in [-0.3, -0.25) is 19.7 Å². The second-order valence-corrected chi connectivity index (χ2v) is 3.65. The average molecular weight is 249 g/mol. The number of allylic oxidation sites excluding steroid dienone is 2. The average Bonchev–Trinajstić information content (AvgIpc) is 2.32. The highest BCUT2D eigenvalue weighted by atomic mass is 16.2. The number of hydrogen-bond donors (Lipinski definition) is 1. The standard InChI is InChI=1S/C12H15N3O3/c1-3-5-11(17)15(13-8-4-2)9-6-7-10(16)14-12(9)18/h3-5,8-9H,2,6-7H2,1H3,(H,14,16,18)/b5-3-,13-8-. The van der Waals surface area contributed by atoms with Gasteiger partial charge in [-0.05, 0) is 19.4 Å². The molecule has 96 valence electrons. The van der Waals surface area contributed by atoms with Crippen LogP contribution in [0.2, 0.25) is 0 Å². The lowest BCUT2D eigenvalue weighted by Gasteiger charge is -2.28. The van der Waals surface area contributed by atoms with Gasteiger partial charge < -0.3 is 0 Å². The summed E-state index contributed by atoms with van der Waals surface area (Å²) in [5.74, 6) is -1.25. The lowest BCUT2D eigenvalue weighted by molar-refractivity contribution is -0.143. The van der Waals surface area contributed by atoms with Crippen molar-refractivity contribution in [2.45, 2.75) is 25.8 Å². The normalized spacial score (nSPS) is 20.2. The Bertz CT molecular complexity index is 426. The Morgan fingerprint density at radius 1 is 1.56 bits per heavy atom. The fourth-order valence-electron chi connectivity index (χ4n) is 1.54. The summed E-state index contributed by atoms with van der Waals surface area (Å²) in [5, 5.41) is 7.12. The Labute approximate surface area is 105 Å². The molecule has 0 aromatic carbocycles. The van der Waals surface area contributed by atoms with Crippen molar-refractivity contribution in [3.8, 4) is 0 Å². The maximum Gasteiger partial charge on any atom is 0.267 e. The van der Waals surface area contributed by atoms with Crippen LogP contribution < -0.4 is 5.32 Å². The first-order valence-electron chi connectivity index (χ1n) is 5.54. The molecule has 0 aromatic rings. The Balaban J connectivity index is 2.91. The van der Waals surface area contributed by atoms with Gasteiger partial charge in [-0.1, -0.05) is 12.7 Å². The number of imide groups is 1. The third-order valence-corrected chi connectivity index (χ3v) is 2.34. The van der Waals surface area contributed by atoms with Crippen molar-refractivity contribution < 1.29 is 14.4 Å². The van der Waals surface area contributed by atoms with E-state index in [4.69, 9.17) is 0 Å². The van der Waals surface area contributed by atoms with Crippen molar-refractivity contribution in [3.63, 3.8) is 0 Å². The zero-order valence-corrected chi connectivity index (χ0v) is 10.1. The van der Waals surface area contributed by atoms with Crippen molar-refractivity contribution in [1.29, 1.82) is 0 Å². The van der Waals surface area contributed by atoms with Crippen LogP contribution in [0, 0.1) is 0 Å². The van der Waals surface area contributed by atoms with Gasteiger partial charge in [0.15, 0.2) is 0 Å². The van der Waals surface area contributed by atoms with E-state index in [-0.39, 0.29) is 18.7 Å². The minimum Gasteiger partial charge on any atom is -0.295 e. The SMILES string of the molecule is C=C/C=N\N(C(=O)/C=C\C)C1CCC(=O)NC1=O.